The first-order valence-corrected chi connectivity index (χ1v) is 10.00. The fourth-order valence-corrected chi connectivity index (χ4v) is 3.82. The van der Waals surface area contributed by atoms with Gasteiger partial charge in [-0.2, -0.15) is 13.2 Å². The summed E-state index contributed by atoms with van der Waals surface area (Å²) >= 11 is 0. The van der Waals surface area contributed by atoms with E-state index in [2.05, 4.69) is 16.8 Å². The normalized spacial score (nSPS) is 18.9. The highest BCUT2D eigenvalue weighted by molar-refractivity contribution is 6.01. The summed E-state index contributed by atoms with van der Waals surface area (Å²) in [4.78, 5) is 26.8. The summed E-state index contributed by atoms with van der Waals surface area (Å²) in [7, 11) is 0. The second-order valence-electron chi connectivity index (χ2n) is 7.81. The maximum Gasteiger partial charge on any atom is 0.416 e. The van der Waals surface area contributed by atoms with Crippen molar-refractivity contribution in [2.24, 2.45) is 5.92 Å². The third-order valence-electron chi connectivity index (χ3n) is 5.68. The molecule has 1 aromatic rings. The predicted octanol–water partition coefficient (Wildman–Crippen LogP) is 3.27. The van der Waals surface area contributed by atoms with Crippen LogP contribution in [0.15, 0.2) is 24.8 Å². The zero-order chi connectivity index (χ0) is 21.9. The number of hydrogen-bond donors (Lipinski definition) is 1. The zero-order valence-corrected chi connectivity index (χ0v) is 16.6. The van der Waals surface area contributed by atoms with Crippen LogP contribution in [0.4, 0.5) is 17.6 Å². The van der Waals surface area contributed by atoms with E-state index in [9.17, 15) is 27.2 Å². The summed E-state index contributed by atoms with van der Waals surface area (Å²) in [5, 5.41) is 3.03. The number of nitrogens with one attached hydrogen (secondary N) is 1. The van der Waals surface area contributed by atoms with E-state index in [0.717, 1.165) is 38.1 Å². The molecular formula is C21H25F4N3O2. The van der Waals surface area contributed by atoms with E-state index >= 15 is 0 Å². The Balaban J connectivity index is 1.43. The number of benzene rings is 1. The van der Waals surface area contributed by atoms with Crippen molar-refractivity contribution in [2.45, 2.75) is 31.9 Å². The van der Waals surface area contributed by atoms with Crippen molar-refractivity contribution in [3.05, 3.63) is 41.7 Å². The van der Waals surface area contributed by atoms with Gasteiger partial charge in [-0.3, -0.25) is 14.5 Å². The highest BCUT2D eigenvalue weighted by Crippen LogP contribution is 2.31. The van der Waals surface area contributed by atoms with Gasteiger partial charge in [-0.15, -0.1) is 0 Å². The number of imide groups is 1. The lowest BCUT2D eigenvalue weighted by atomic mass is 9.96. The molecule has 2 saturated heterocycles. The van der Waals surface area contributed by atoms with Crippen molar-refractivity contribution in [1.29, 1.82) is 0 Å². The quantitative estimate of drug-likeness (QED) is 0.536. The number of carbonyl (C=O) groups is 2. The molecule has 3 rings (SSSR count). The fourth-order valence-electron chi connectivity index (χ4n) is 3.82. The zero-order valence-electron chi connectivity index (χ0n) is 16.6. The summed E-state index contributed by atoms with van der Waals surface area (Å²) in [6.45, 7) is 6.97. The van der Waals surface area contributed by atoms with E-state index in [1.54, 1.807) is 0 Å². The lowest BCUT2D eigenvalue weighted by molar-refractivity contribution is -0.139. The van der Waals surface area contributed by atoms with E-state index < -0.39 is 17.6 Å². The number of piperidine rings is 1. The van der Waals surface area contributed by atoms with Crippen LogP contribution < -0.4 is 5.32 Å². The van der Waals surface area contributed by atoms with Gasteiger partial charge in [-0.1, -0.05) is 6.58 Å². The third-order valence-corrected chi connectivity index (χ3v) is 5.68. The number of hydrogen-bond acceptors (Lipinski definition) is 4. The second kappa shape index (κ2) is 9.16. The Morgan fingerprint density at radius 1 is 1.07 bits per heavy atom. The standard InChI is InChI=1S/C21H25F4N3O2/c1-14(16-10-17(21(23,24)25)12-18(22)11-16)26-13-15-4-6-27(7-5-15)8-9-28-19(29)2-3-20(28)30/h10-12,15,26H,1-9,13H2. The van der Waals surface area contributed by atoms with Crippen LogP contribution in [0.25, 0.3) is 5.70 Å². The molecule has 0 aliphatic carbocycles. The highest BCUT2D eigenvalue weighted by Gasteiger charge is 2.32. The van der Waals surface area contributed by atoms with E-state index in [0.29, 0.717) is 44.5 Å². The van der Waals surface area contributed by atoms with Gasteiger partial charge in [0, 0.05) is 43.7 Å². The Morgan fingerprint density at radius 2 is 1.70 bits per heavy atom. The Kier molecular flexibility index (Phi) is 6.80. The molecule has 0 spiro atoms. The average molecular weight is 427 g/mol. The first kappa shape index (κ1) is 22.3. The molecule has 0 bridgehead atoms. The summed E-state index contributed by atoms with van der Waals surface area (Å²) in [5.74, 6) is -0.859. The van der Waals surface area contributed by atoms with E-state index in [-0.39, 0.29) is 23.1 Å². The third kappa shape index (κ3) is 5.59. The van der Waals surface area contributed by atoms with Gasteiger partial charge in [0.15, 0.2) is 0 Å². The SMILES string of the molecule is C=C(NCC1CCN(CCN2C(=O)CCC2=O)CC1)c1cc(F)cc(C(F)(F)F)c1. The van der Waals surface area contributed by atoms with Crippen LogP contribution in [0, 0.1) is 11.7 Å². The van der Waals surface area contributed by atoms with Gasteiger partial charge in [-0.05, 0) is 50.0 Å². The van der Waals surface area contributed by atoms with Crippen LogP contribution in [0.2, 0.25) is 0 Å². The largest absolute Gasteiger partial charge is 0.416 e. The molecule has 0 atom stereocenters. The lowest BCUT2D eigenvalue weighted by Crippen LogP contribution is -2.42. The number of rotatable bonds is 7. The maximum absolute atomic E-state index is 13.6. The van der Waals surface area contributed by atoms with Crippen LogP contribution >= 0.6 is 0 Å². The van der Waals surface area contributed by atoms with Gasteiger partial charge in [0.05, 0.1) is 5.56 Å². The molecule has 1 N–H and O–H groups in total. The minimum atomic E-state index is -4.62. The Bertz CT molecular complexity index is 801. The summed E-state index contributed by atoms with van der Waals surface area (Å²) in [5.41, 5.74) is -0.697. The predicted molar refractivity (Wildman–Crippen MR) is 104 cm³/mol. The molecule has 2 fully saturated rings. The molecule has 164 valence electrons. The average Bonchev–Trinajstić information content (AvgIpc) is 3.01. The van der Waals surface area contributed by atoms with Gasteiger partial charge in [-0.25, -0.2) is 4.39 Å². The Labute approximate surface area is 172 Å². The number of alkyl halides is 3. The van der Waals surface area contributed by atoms with Crippen molar-refractivity contribution < 1.29 is 27.2 Å². The molecule has 2 aliphatic heterocycles. The van der Waals surface area contributed by atoms with Crippen molar-refractivity contribution in [3.8, 4) is 0 Å². The maximum atomic E-state index is 13.6. The number of halogens is 4. The van der Waals surface area contributed by atoms with Crippen molar-refractivity contribution in [1.82, 2.24) is 15.1 Å². The van der Waals surface area contributed by atoms with Gasteiger partial charge in [0.1, 0.15) is 5.82 Å². The van der Waals surface area contributed by atoms with Gasteiger partial charge in [0.25, 0.3) is 0 Å². The number of nitrogens with zero attached hydrogens (tertiary/aromatic N) is 2. The van der Waals surface area contributed by atoms with Crippen LogP contribution in [0.5, 0.6) is 0 Å². The number of carbonyl (C=O) groups excluding carboxylic acids is 2. The molecule has 5 nitrogen and oxygen atoms in total. The topological polar surface area (TPSA) is 52.6 Å². The van der Waals surface area contributed by atoms with Crippen molar-refractivity contribution >= 4 is 17.5 Å². The van der Waals surface area contributed by atoms with Crippen LogP contribution in [-0.2, 0) is 15.8 Å². The smallest absolute Gasteiger partial charge is 0.385 e. The molecule has 0 radical (unpaired) electrons. The molecule has 0 unspecified atom stereocenters. The highest BCUT2D eigenvalue weighted by atomic mass is 19.4. The fraction of sp³-hybridized carbons (Fsp3) is 0.524. The minimum absolute atomic E-state index is 0.0831. The van der Waals surface area contributed by atoms with Gasteiger partial charge in [0.2, 0.25) is 11.8 Å². The lowest BCUT2D eigenvalue weighted by Gasteiger charge is -2.33. The Hall–Kier alpha value is -2.42. The summed E-state index contributed by atoms with van der Waals surface area (Å²) in [6.07, 6.45) is -2.27. The molecule has 0 aromatic heterocycles. The molecule has 2 amide bonds. The van der Waals surface area contributed by atoms with E-state index in [1.165, 1.54) is 4.90 Å². The molecular weight excluding hydrogens is 402 g/mol. The molecule has 30 heavy (non-hydrogen) atoms. The first-order chi connectivity index (χ1) is 14.1. The van der Waals surface area contributed by atoms with Crippen LogP contribution in [0.1, 0.15) is 36.8 Å². The van der Waals surface area contributed by atoms with Crippen LogP contribution in [0.3, 0.4) is 0 Å². The van der Waals surface area contributed by atoms with Gasteiger partial charge >= 0.3 is 6.18 Å². The molecule has 1 aromatic carbocycles. The summed E-state index contributed by atoms with van der Waals surface area (Å²) < 4.78 is 52.2. The molecule has 2 aliphatic rings. The number of amides is 2. The Morgan fingerprint density at radius 3 is 2.30 bits per heavy atom. The van der Waals surface area contributed by atoms with E-state index in [4.69, 9.17) is 0 Å². The van der Waals surface area contributed by atoms with Crippen molar-refractivity contribution in [3.63, 3.8) is 0 Å². The molecule has 0 saturated carbocycles. The van der Waals surface area contributed by atoms with E-state index in [1.807, 2.05) is 0 Å². The molecule has 2 heterocycles. The minimum Gasteiger partial charge on any atom is -0.385 e. The number of likely N-dealkylation sites (tertiary alicyclic amines) is 2. The molecule has 9 heteroatoms. The van der Waals surface area contributed by atoms with Crippen molar-refractivity contribution in [2.75, 3.05) is 32.7 Å². The van der Waals surface area contributed by atoms with Crippen LogP contribution in [-0.4, -0.2) is 54.3 Å². The van der Waals surface area contributed by atoms with Gasteiger partial charge < -0.3 is 10.2 Å². The summed E-state index contributed by atoms with van der Waals surface area (Å²) in [6, 6.07) is 2.39. The second-order valence-corrected chi connectivity index (χ2v) is 7.81. The first-order valence-electron chi connectivity index (χ1n) is 10.00. The monoisotopic (exact) mass is 427 g/mol.